The molecule has 0 aliphatic rings. The Labute approximate surface area is 219 Å². The molecule has 0 fully saturated rings. The van der Waals surface area contributed by atoms with Gasteiger partial charge in [0.05, 0.1) is 23.7 Å². The van der Waals surface area contributed by atoms with Gasteiger partial charge in [-0.05, 0) is 66.7 Å². The zero-order valence-corrected chi connectivity index (χ0v) is 20.7. The predicted octanol–water partition coefficient (Wildman–Crippen LogP) is 5.93. The number of amides is 2. The third-order valence-corrected chi connectivity index (χ3v) is 5.54. The number of hydrogen-bond donors (Lipinski definition) is 2. The summed E-state index contributed by atoms with van der Waals surface area (Å²) < 4.78 is 11.2. The summed E-state index contributed by atoms with van der Waals surface area (Å²) in [5.74, 6) is -1.36. The molecule has 1 aromatic heterocycles. The Kier molecular flexibility index (Phi) is 7.94. The second-order valence-corrected chi connectivity index (χ2v) is 8.61. The van der Waals surface area contributed by atoms with E-state index in [-0.39, 0.29) is 17.1 Å². The lowest BCUT2D eigenvalue weighted by atomic mass is 10.1. The van der Waals surface area contributed by atoms with E-state index in [1.54, 1.807) is 72.8 Å². The lowest BCUT2D eigenvalue weighted by molar-refractivity contribution is 0.0700. The van der Waals surface area contributed by atoms with Gasteiger partial charge in [-0.3, -0.25) is 9.59 Å². The maximum absolute atomic E-state index is 12.8. The van der Waals surface area contributed by atoms with Crippen LogP contribution in [0.5, 0.6) is 5.75 Å². The van der Waals surface area contributed by atoms with Crippen LogP contribution >= 0.6 is 27.5 Å². The van der Waals surface area contributed by atoms with Crippen molar-refractivity contribution in [3.05, 3.63) is 117 Å². The third-order valence-electron chi connectivity index (χ3n) is 4.79. The Morgan fingerprint density at radius 3 is 2.47 bits per heavy atom. The first kappa shape index (κ1) is 24.9. The van der Waals surface area contributed by atoms with Crippen LogP contribution in [0.1, 0.15) is 36.8 Å². The summed E-state index contributed by atoms with van der Waals surface area (Å²) in [6, 6.07) is 20.9. The number of esters is 1. The molecule has 4 aromatic rings. The zero-order valence-electron chi connectivity index (χ0n) is 18.4. The van der Waals surface area contributed by atoms with Gasteiger partial charge in [-0.15, -0.1) is 0 Å². The molecule has 8 nitrogen and oxygen atoms in total. The molecule has 0 bridgehead atoms. The summed E-state index contributed by atoms with van der Waals surface area (Å²) in [5, 5.41) is 7.22. The fourth-order valence-corrected chi connectivity index (χ4v) is 3.57. The lowest BCUT2D eigenvalue weighted by Gasteiger charge is -2.10. The molecule has 1 heterocycles. The number of ether oxygens (including phenoxy) is 1. The van der Waals surface area contributed by atoms with Gasteiger partial charge < -0.3 is 14.5 Å². The minimum atomic E-state index is -0.675. The molecule has 0 radical (unpaired) electrons. The van der Waals surface area contributed by atoms with E-state index >= 15 is 0 Å². The molecule has 3 aromatic carbocycles. The molecule has 0 aliphatic heterocycles. The van der Waals surface area contributed by atoms with Crippen molar-refractivity contribution in [1.82, 2.24) is 5.43 Å². The number of halogens is 2. The molecule has 10 heteroatoms. The van der Waals surface area contributed by atoms with Gasteiger partial charge in [0, 0.05) is 20.6 Å². The van der Waals surface area contributed by atoms with E-state index in [4.69, 9.17) is 20.8 Å². The molecule has 4 rings (SSSR count). The highest BCUT2D eigenvalue weighted by Crippen LogP contribution is 2.23. The molecule has 0 aliphatic carbocycles. The number of anilines is 1. The van der Waals surface area contributed by atoms with Crippen molar-refractivity contribution < 1.29 is 23.5 Å². The predicted molar refractivity (Wildman–Crippen MR) is 139 cm³/mol. The Morgan fingerprint density at radius 2 is 1.72 bits per heavy atom. The van der Waals surface area contributed by atoms with E-state index < -0.39 is 17.8 Å². The Balaban J connectivity index is 1.47. The number of rotatable bonds is 7. The van der Waals surface area contributed by atoms with Gasteiger partial charge in [0.25, 0.3) is 11.8 Å². The second kappa shape index (κ2) is 11.5. The smallest absolute Gasteiger partial charge is 0.379 e. The molecule has 0 saturated carbocycles. The summed E-state index contributed by atoms with van der Waals surface area (Å²) >= 11 is 9.23. The van der Waals surface area contributed by atoms with E-state index in [0.29, 0.717) is 26.3 Å². The van der Waals surface area contributed by atoms with Gasteiger partial charge in [-0.25, -0.2) is 10.2 Å². The van der Waals surface area contributed by atoms with Crippen molar-refractivity contribution in [1.29, 1.82) is 0 Å². The average molecular weight is 567 g/mol. The summed E-state index contributed by atoms with van der Waals surface area (Å²) in [6.45, 7) is 0. The topological polar surface area (TPSA) is 110 Å². The SMILES string of the molecule is O=C(Nc1ccccc1C(=O)N/N=C\c1cc(Br)ccc1OC(=O)c1ccco1)c1ccc(Cl)cc1. The quantitative estimate of drug-likeness (QED) is 0.125. The minimum Gasteiger partial charge on any atom is -0.457 e. The van der Waals surface area contributed by atoms with Crippen molar-refractivity contribution >= 4 is 57.2 Å². The number of benzene rings is 3. The van der Waals surface area contributed by atoms with Gasteiger partial charge in [0.1, 0.15) is 5.75 Å². The highest BCUT2D eigenvalue weighted by atomic mass is 79.9. The fraction of sp³-hybridized carbons (Fsp3) is 0. The molecule has 2 amide bonds. The molecule has 2 N–H and O–H groups in total. The number of carbonyl (C=O) groups is 3. The van der Waals surface area contributed by atoms with E-state index in [0.717, 1.165) is 0 Å². The number of nitrogens with zero attached hydrogens (tertiary/aromatic N) is 1. The van der Waals surface area contributed by atoms with Crippen LogP contribution in [-0.2, 0) is 0 Å². The van der Waals surface area contributed by atoms with Crippen LogP contribution in [0, 0.1) is 0 Å². The van der Waals surface area contributed by atoms with Crippen molar-refractivity contribution in [2.45, 2.75) is 0 Å². The average Bonchev–Trinajstić information content (AvgIpc) is 3.41. The fourth-order valence-electron chi connectivity index (χ4n) is 3.06. The van der Waals surface area contributed by atoms with Gasteiger partial charge in [-0.1, -0.05) is 39.7 Å². The lowest BCUT2D eigenvalue weighted by Crippen LogP contribution is -2.21. The summed E-state index contributed by atoms with van der Waals surface area (Å²) in [7, 11) is 0. The molecule has 0 saturated heterocycles. The number of furan rings is 1. The van der Waals surface area contributed by atoms with Crippen LogP contribution in [0.4, 0.5) is 5.69 Å². The first-order chi connectivity index (χ1) is 17.4. The highest BCUT2D eigenvalue weighted by molar-refractivity contribution is 9.10. The number of hydrogen-bond acceptors (Lipinski definition) is 6. The Hall–Kier alpha value is -4.21. The zero-order chi connectivity index (χ0) is 25.5. The summed E-state index contributed by atoms with van der Waals surface area (Å²) in [5.41, 5.74) is 3.75. The molecule has 36 heavy (non-hydrogen) atoms. The molecule has 0 unspecified atom stereocenters. The van der Waals surface area contributed by atoms with Gasteiger partial charge in [-0.2, -0.15) is 5.10 Å². The van der Waals surface area contributed by atoms with Crippen molar-refractivity contribution in [3.63, 3.8) is 0 Å². The summed E-state index contributed by atoms with van der Waals surface area (Å²) in [4.78, 5) is 37.6. The van der Waals surface area contributed by atoms with E-state index in [1.807, 2.05) is 0 Å². The molecular formula is C26H17BrClN3O5. The van der Waals surface area contributed by atoms with Gasteiger partial charge in [0.2, 0.25) is 5.76 Å². The van der Waals surface area contributed by atoms with E-state index in [2.05, 4.69) is 31.8 Å². The third kappa shape index (κ3) is 6.26. The van der Waals surface area contributed by atoms with E-state index in [9.17, 15) is 14.4 Å². The van der Waals surface area contributed by atoms with Crippen molar-refractivity contribution in [3.8, 4) is 5.75 Å². The van der Waals surface area contributed by atoms with E-state index in [1.165, 1.54) is 18.5 Å². The van der Waals surface area contributed by atoms with Crippen molar-refractivity contribution in [2.75, 3.05) is 5.32 Å². The number of nitrogens with one attached hydrogen (secondary N) is 2. The molecular weight excluding hydrogens is 550 g/mol. The number of hydrazone groups is 1. The first-order valence-electron chi connectivity index (χ1n) is 10.5. The summed E-state index contributed by atoms with van der Waals surface area (Å²) in [6.07, 6.45) is 2.70. The molecule has 180 valence electrons. The van der Waals surface area contributed by atoms with Gasteiger partial charge in [0.15, 0.2) is 0 Å². The monoisotopic (exact) mass is 565 g/mol. The van der Waals surface area contributed by atoms with Crippen LogP contribution in [0.3, 0.4) is 0 Å². The second-order valence-electron chi connectivity index (χ2n) is 7.25. The first-order valence-corrected chi connectivity index (χ1v) is 11.6. The van der Waals surface area contributed by atoms with Crippen molar-refractivity contribution in [2.24, 2.45) is 5.10 Å². The largest absolute Gasteiger partial charge is 0.457 e. The minimum absolute atomic E-state index is 0.0476. The van der Waals surface area contributed by atoms with Crippen LogP contribution in [0.15, 0.2) is 99.1 Å². The highest BCUT2D eigenvalue weighted by Gasteiger charge is 2.15. The van der Waals surface area contributed by atoms with Crippen LogP contribution in [0.25, 0.3) is 0 Å². The maximum Gasteiger partial charge on any atom is 0.379 e. The van der Waals surface area contributed by atoms with Gasteiger partial charge >= 0.3 is 5.97 Å². The maximum atomic E-state index is 12.8. The Bertz CT molecular complexity index is 1440. The standard InChI is InChI=1S/C26H17BrClN3O5/c27-18-9-12-22(36-26(34)23-6-3-13-35-23)17(14-18)15-29-31-25(33)20-4-1-2-5-21(20)30-24(32)16-7-10-19(28)11-8-16/h1-15H,(H,30,32)(H,31,33)/b29-15-. The van der Waals surface area contributed by atoms with Crippen LogP contribution in [-0.4, -0.2) is 24.0 Å². The normalized spacial score (nSPS) is 10.7. The number of carbonyl (C=O) groups excluding carboxylic acids is 3. The van der Waals surface area contributed by atoms with Crippen LogP contribution in [0.2, 0.25) is 5.02 Å². The van der Waals surface area contributed by atoms with Crippen LogP contribution < -0.4 is 15.5 Å². The molecule has 0 atom stereocenters. The number of para-hydroxylation sites is 1. The Morgan fingerprint density at radius 1 is 0.944 bits per heavy atom. The molecule has 0 spiro atoms.